The van der Waals surface area contributed by atoms with E-state index in [1.54, 1.807) is 12.1 Å². The van der Waals surface area contributed by atoms with Crippen LogP contribution in [-0.2, 0) is 32.3 Å². The first-order valence-corrected chi connectivity index (χ1v) is 12.2. The van der Waals surface area contributed by atoms with Crippen LogP contribution in [0.3, 0.4) is 0 Å². The van der Waals surface area contributed by atoms with E-state index < -0.39 is 9.84 Å². The summed E-state index contributed by atoms with van der Waals surface area (Å²) in [5.74, 6) is -0.433. The van der Waals surface area contributed by atoms with Crippen molar-refractivity contribution in [3.05, 3.63) is 47.5 Å². The normalized spacial score (nSPS) is 13.5. The van der Waals surface area contributed by atoms with Crippen molar-refractivity contribution < 1.29 is 18.0 Å². The Labute approximate surface area is 175 Å². The summed E-state index contributed by atoms with van der Waals surface area (Å²) in [5.41, 5.74) is 3.48. The van der Waals surface area contributed by atoms with E-state index in [4.69, 9.17) is 0 Å². The average Bonchev–Trinajstić information content (AvgIpc) is 2.72. The molecule has 0 spiro atoms. The molecule has 2 amide bonds. The summed E-state index contributed by atoms with van der Waals surface area (Å²) in [6.45, 7) is 4.04. The van der Waals surface area contributed by atoms with Crippen LogP contribution in [-0.4, -0.2) is 31.7 Å². The number of hydrogen-bond donors (Lipinski definition) is 2. The molecule has 3 rings (SSSR count). The van der Waals surface area contributed by atoms with Crippen LogP contribution in [0.1, 0.15) is 31.4 Å². The van der Waals surface area contributed by atoms with E-state index in [1.807, 2.05) is 32.0 Å². The van der Waals surface area contributed by atoms with Gasteiger partial charge in [0.05, 0.1) is 22.1 Å². The summed E-state index contributed by atoms with van der Waals surface area (Å²) in [5, 5.41) is 5.62. The van der Waals surface area contributed by atoms with Crippen LogP contribution in [0.25, 0.3) is 0 Å². The van der Waals surface area contributed by atoms with E-state index in [9.17, 15) is 18.0 Å². The van der Waals surface area contributed by atoms with Gasteiger partial charge in [-0.25, -0.2) is 8.42 Å². The molecule has 0 aliphatic carbocycles. The maximum atomic E-state index is 12.7. The molecule has 2 aromatic carbocycles. The molecule has 0 bridgehead atoms. The topological polar surface area (TPSA) is 92.3 Å². The number of rotatable bonds is 7. The lowest BCUT2D eigenvalue weighted by molar-refractivity contribution is -0.116. The van der Waals surface area contributed by atoms with Crippen molar-refractivity contribution in [3.8, 4) is 0 Å². The Kier molecular flexibility index (Phi) is 6.64. The number of benzene rings is 2. The molecule has 0 saturated heterocycles. The van der Waals surface area contributed by atoms with Crippen LogP contribution in [0.15, 0.2) is 46.2 Å². The van der Waals surface area contributed by atoms with Gasteiger partial charge in [-0.3, -0.25) is 9.59 Å². The van der Waals surface area contributed by atoms with Gasteiger partial charge in [0, 0.05) is 17.0 Å². The Bertz CT molecular complexity index is 1030. The number of carbonyl (C=O) groups is 2. The molecule has 2 N–H and O–H groups in total. The van der Waals surface area contributed by atoms with Crippen molar-refractivity contribution in [2.24, 2.45) is 0 Å². The monoisotopic (exact) mass is 432 g/mol. The van der Waals surface area contributed by atoms with Crippen LogP contribution in [0.5, 0.6) is 0 Å². The summed E-state index contributed by atoms with van der Waals surface area (Å²) in [6.07, 6.45) is 1.45. The van der Waals surface area contributed by atoms with E-state index in [-0.39, 0.29) is 34.6 Å². The van der Waals surface area contributed by atoms with Crippen molar-refractivity contribution >= 4 is 44.8 Å². The number of anilines is 2. The van der Waals surface area contributed by atoms with Crippen molar-refractivity contribution in [2.45, 2.75) is 42.9 Å². The zero-order chi connectivity index (χ0) is 21.0. The van der Waals surface area contributed by atoms with Gasteiger partial charge in [-0.15, -0.1) is 11.8 Å². The zero-order valence-electron chi connectivity index (χ0n) is 16.4. The number of aryl methyl sites for hydroxylation is 2. The van der Waals surface area contributed by atoms with Crippen molar-refractivity contribution in [3.63, 3.8) is 0 Å². The molecule has 0 fully saturated rings. The number of thioether (sulfide) groups is 1. The SMILES string of the molecule is CCc1cccc(CC)c1NC(=O)CCS(=O)(=O)c1ccc2c(c1)SCC(=O)N2. The number of sulfone groups is 1. The molecule has 0 unspecified atom stereocenters. The summed E-state index contributed by atoms with van der Waals surface area (Å²) in [7, 11) is -3.61. The summed E-state index contributed by atoms with van der Waals surface area (Å²) >= 11 is 1.31. The van der Waals surface area contributed by atoms with E-state index in [0.29, 0.717) is 5.69 Å². The van der Waals surface area contributed by atoms with Gasteiger partial charge in [-0.2, -0.15) is 0 Å². The Morgan fingerprint density at radius 1 is 1.14 bits per heavy atom. The van der Waals surface area contributed by atoms with Gasteiger partial charge in [-0.05, 0) is 42.2 Å². The Morgan fingerprint density at radius 3 is 2.48 bits per heavy atom. The van der Waals surface area contributed by atoms with E-state index in [2.05, 4.69) is 10.6 Å². The third-order valence-corrected chi connectivity index (χ3v) is 7.58. The molecular formula is C21H24N2O4S2. The largest absolute Gasteiger partial charge is 0.326 e. The van der Waals surface area contributed by atoms with Crippen LogP contribution in [0.4, 0.5) is 11.4 Å². The molecule has 0 saturated carbocycles. The predicted octanol–water partition coefficient (Wildman–Crippen LogP) is 3.66. The lowest BCUT2D eigenvalue weighted by Crippen LogP contribution is -2.20. The maximum Gasteiger partial charge on any atom is 0.234 e. The highest BCUT2D eigenvalue weighted by Crippen LogP contribution is 2.33. The molecule has 6 nitrogen and oxygen atoms in total. The molecule has 2 aromatic rings. The molecule has 154 valence electrons. The lowest BCUT2D eigenvalue weighted by Gasteiger charge is -2.17. The Balaban J connectivity index is 1.70. The smallest absolute Gasteiger partial charge is 0.234 e. The number of hydrogen-bond acceptors (Lipinski definition) is 5. The number of amides is 2. The van der Waals surface area contributed by atoms with Gasteiger partial charge < -0.3 is 10.6 Å². The summed E-state index contributed by atoms with van der Waals surface area (Å²) < 4.78 is 25.4. The molecular weight excluding hydrogens is 408 g/mol. The number of fused-ring (bicyclic) bond motifs is 1. The molecule has 29 heavy (non-hydrogen) atoms. The third kappa shape index (κ3) is 5.00. The van der Waals surface area contributed by atoms with E-state index in [1.165, 1.54) is 17.8 Å². The Morgan fingerprint density at radius 2 is 1.83 bits per heavy atom. The second-order valence-corrected chi connectivity index (χ2v) is 9.90. The Hall–Kier alpha value is -2.32. The van der Waals surface area contributed by atoms with Crippen LogP contribution < -0.4 is 10.6 Å². The fourth-order valence-electron chi connectivity index (χ4n) is 3.20. The number of carbonyl (C=O) groups excluding carboxylic acids is 2. The minimum Gasteiger partial charge on any atom is -0.326 e. The van der Waals surface area contributed by atoms with Crippen molar-refractivity contribution in [1.82, 2.24) is 0 Å². The highest BCUT2D eigenvalue weighted by molar-refractivity contribution is 8.00. The third-order valence-electron chi connectivity index (χ3n) is 4.81. The van der Waals surface area contributed by atoms with Crippen molar-refractivity contribution in [2.75, 3.05) is 22.1 Å². The standard InChI is InChI=1S/C21H24N2O4S2/c1-3-14-6-5-7-15(4-2)21(14)23-19(24)10-11-29(26,27)16-8-9-17-18(12-16)28-13-20(25)22-17/h5-9,12H,3-4,10-11,13H2,1-2H3,(H,22,25)(H,23,24). The molecule has 1 heterocycles. The number of nitrogens with one attached hydrogen (secondary N) is 2. The second kappa shape index (κ2) is 9.00. The van der Waals surface area contributed by atoms with Crippen molar-refractivity contribution in [1.29, 1.82) is 0 Å². The fourth-order valence-corrected chi connectivity index (χ4v) is 5.38. The summed E-state index contributed by atoms with van der Waals surface area (Å²) in [4.78, 5) is 24.8. The van der Waals surface area contributed by atoms with Crippen LogP contribution in [0.2, 0.25) is 0 Å². The fraction of sp³-hybridized carbons (Fsp3) is 0.333. The quantitative estimate of drug-likeness (QED) is 0.697. The lowest BCUT2D eigenvalue weighted by atomic mass is 10.0. The van der Waals surface area contributed by atoms with Gasteiger partial charge in [0.1, 0.15) is 0 Å². The van der Waals surface area contributed by atoms with Gasteiger partial charge in [-0.1, -0.05) is 32.0 Å². The van der Waals surface area contributed by atoms with Gasteiger partial charge in [0.25, 0.3) is 0 Å². The van der Waals surface area contributed by atoms with Crippen LogP contribution in [0, 0.1) is 0 Å². The van der Waals surface area contributed by atoms with E-state index >= 15 is 0 Å². The van der Waals surface area contributed by atoms with Crippen LogP contribution >= 0.6 is 11.8 Å². The van der Waals surface area contributed by atoms with Gasteiger partial charge in [0.2, 0.25) is 11.8 Å². The zero-order valence-corrected chi connectivity index (χ0v) is 18.1. The maximum absolute atomic E-state index is 12.7. The summed E-state index contributed by atoms with van der Waals surface area (Å²) in [6, 6.07) is 10.5. The molecule has 0 radical (unpaired) electrons. The highest BCUT2D eigenvalue weighted by Gasteiger charge is 2.22. The first-order valence-electron chi connectivity index (χ1n) is 9.54. The van der Waals surface area contributed by atoms with E-state index in [0.717, 1.165) is 34.6 Å². The molecule has 8 heteroatoms. The second-order valence-electron chi connectivity index (χ2n) is 6.77. The first-order chi connectivity index (χ1) is 13.8. The first kappa shape index (κ1) is 21.4. The van der Waals surface area contributed by atoms with Gasteiger partial charge >= 0.3 is 0 Å². The molecule has 1 aliphatic heterocycles. The average molecular weight is 433 g/mol. The predicted molar refractivity (Wildman–Crippen MR) is 116 cm³/mol. The minimum absolute atomic E-state index is 0.103. The highest BCUT2D eigenvalue weighted by atomic mass is 32.2. The molecule has 1 aliphatic rings. The minimum atomic E-state index is -3.61. The number of para-hydroxylation sites is 1. The van der Waals surface area contributed by atoms with Gasteiger partial charge in [0.15, 0.2) is 9.84 Å². The molecule has 0 atom stereocenters. The molecule has 0 aromatic heterocycles.